The van der Waals surface area contributed by atoms with Crippen LogP contribution in [0.25, 0.3) is 16.9 Å². The van der Waals surface area contributed by atoms with Crippen molar-refractivity contribution in [2.45, 2.75) is 26.7 Å². The summed E-state index contributed by atoms with van der Waals surface area (Å²) < 4.78 is 2.19. The molecule has 3 nitrogen and oxygen atoms in total. The fraction of sp³-hybridized carbons (Fsp3) is 0.286. The second-order valence-electron chi connectivity index (χ2n) is 6.52. The number of rotatable bonds is 6. The van der Waals surface area contributed by atoms with Crippen molar-refractivity contribution in [3.05, 3.63) is 72.2 Å². The Labute approximate surface area is 143 Å². The molecule has 24 heavy (non-hydrogen) atoms. The van der Waals surface area contributed by atoms with Crippen LogP contribution in [0, 0.1) is 5.92 Å². The first-order valence-electron chi connectivity index (χ1n) is 8.51. The van der Waals surface area contributed by atoms with Crippen LogP contribution < -0.4 is 0 Å². The molecule has 0 aliphatic carbocycles. The summed E-state index contributed by atoms with van der Waals surface area (Å²) >= 11 is 0. The predicted molar refractivity (Wildman–Crippen MR) is 98.3 cm³/mol. The third-order valence-corrected chi connectivity index (χ3v) is 4.05. The van der Waals surface area contributed by atoms with Crippen molar-refractivity contribution in [1.82, 2.24) is 9.55 Å². The Balaban J connectivity index is 2.00. The van der Waals surface area contributed by atoms with Crippen molar-refractivity contribution in [2.24, 2.45) is 5.92 Å². The molecule has 1 aromatic heterocycles. The molecule has 3 rings (SSSR count). The Morgan fingerprint density at radius 1 is 1.00 bits per heavy atom. The summed E-state index contributed by atoms with van der Waals surface area (Å²) in [7, 11) is 0. The predicted octanol–water partition coefficient (Wildman–Crippen LogP) is 4.27. The van der Waals surface area contributed by atoms with Gasteiger partial charge in [-0.2, -0.15) is 0 Å². The molecule has 0 atom stereocenters. The van der Waals surface area contributed by atoms with Crippen molar-refractivity contribution in [3.8, 4) is 16.9 Å². The van der Waals surface area contributed by atoms with Gasteiger partial charge < -0.3 is 9.67 Å². The summed E-state index contributed by atoms with van der Waals surface area (Å²) in [6.07, 6.45) is 3.75. The molecule has 1 heterocycles. The van der Waals surface area contributed by atoms with Gasteiger partial charge in [-0.15, -0.1) is 0 Å². The van der Waals surface area contributed by atoms with Gasteiger partial charge in [0.25, 0.3) is 0 Å². The number of aliphatic hydroxyl groups excluding tert-OH is 1. The zero-order chi connectivity index (χ0) is 16.9. The number of hydrogen-bond acceptors (Lipinski definition) is 2. The normalized spacial score (nSPS) is 11.2. The zero-order valence-electron chi connectivity index (χ0n) is 14.3. The van der Waals surface area contributed by atoms with Gasteiger partial charge in [-0.25, -0.2) is 4.98 Å². The maximum absolute atomic E-state index is 9.06. The summed E-state index contributed by atoms with van der Waals surface area (Å²) in [5.41, 5.74) is 4.40. The van der Waals surface area contributed by atoms with Crippen molar-refractivity contribution >= 4 is 0 Å². The average molecular weight is 320 g/mol. The van der Waals surface area contributed by atoms with E-state index >= 15 is 0 Å². The quantitative estimate of drug-likeness (QED) is 0.736. The van der Waals surface area contributed by atoms with E-state index in [2.05, 4.69) is 61.0 Å². The highest BCUT2D eigenvalue weighted by atomic mass is 16.2. The van der Waals surface area contributed by atoms with E-state index in [-0.39, 0.29) is 6.61 Å². The number of aliphatic hydroxyl groups is 1. The minimum atomic E-state index is 0.182. The molecule has 0 fully saturated rings. The standard InChI is InChI=1S/C21H24N2O/c1-16(2)14-21-22-20(18-6-4-3-5-7-18)15-23(21)19-10-8-17(9-11-19)12-13-24/h3-11,15-16,24H,12-14H2,1-2H3. The average Bonchev–Trinajstić information content (AvgIpc) is 3.00. The molecule has 0 aliphatic heterocycles. The van der Waals surface area contributed by atoms with Crippen LogP contribution >= 0.6 is 0 Å². The molecule has 0 saturated heterocycles. The first-order chi connectivity index (χ1) is 11.7. The van der Waals surface area contributed by atoms with E-state index in [0.717, 1.165) is 34.8 Å². The summed E-state index contributed by atoms with van der Waals surface area (Å²) in [4.78, 5) is 4.88. The summed E-state index contributed by atoms with van der Waals surface area (Å²) in [6.45, 7) is 4.61. The Morgan fingerprint density at radius 2 is 1.71 bits per heavy atom. The van der Waals surface area contributed by atoms with Crippen LogP contribution in [0.1, 0.15) is 25.2 Å². The topological polar surface area (TPSA) is 38.0 Å². The monoisotopic (exact) mass is 320 g/mol. The molecule has 0 spiro atoms. The minimum absolute atomic E-state index is 0.182. The van der Waals surface area contributed by atoms with Crippen molar-refractivity contribution in [2.75, 3.05) is 6.61 Å². The maximum atomic E-state index is 9.06. The molecule has 0 amide bonds. The molecule has 0 radical (unpaired) electrons. The fourth-order valence-electron chi connectivity index (χ4n) is 2.85. The van der Waals surface area contributed by atoms with Crippen molar-refractivity contribution < 1.29 is 5.11 Å². The molecule has 0 aliphatic rings. The number of imidazole rings is 1. The minimum Gasteiger partial charge on any atom is -0.396 e. The lowest BCUT2D eigenvalue weighted by Crippen LogP contribution is -2.04. The molecule has 3 heteroatoms. The highest BCUT2D eigenvalue weighted by Gasteiger charge is 2.12. The van der Waals surface area contributed by atoms with Gasteiger partial charge in [0.2, 0.25) is 0 Å². The number of aromatic nitrogens is 2. The summed E-state index contributed by atoms with van der Waals surface area (Å²) in [5.74, 6) is 1.63. The second-order valence-corrected chi connectivity index (χ2v) is 6.52. The van der Waals surface area contributed by atoms with E-state index in [1.54, 1.807) is 0 Å². The van der Waals surface area contributed by atoms with Gasteiger partial charge in [0.15, 0.2) is 0 Å². The number of hydrogen-bond donors (Lipinski definition) is 1. The van der Waals surface area contributed by atoms with Crippen molar-refractivity contribution in [3.63, 3.8) is 0 Å². The summed E-state index contributed by atoms with van der Waals surface area (Å²) in [6, 6.07) is 18.7. The molecule has 1 N–H and O–H groups in total. The Hall–Kier alpha value is -2.39. The van der Waals surface area contributed by atoms with Crippen LogP contribution in [0.3, 0.4) is 0 Å². The Morgan fingerprint density at radius 3 is 2.33 bits per heavy atom. The Kier molecular flexibility index (Phi) is 5.11. The molecule has 0 bridgehead atoms. The Bertz CT molecular complexity index is 773. The van der Waals surface area contributed by atoms with Gasteiger partial charge in [-0.3, -0.25) is 0 Å². The third kappa shape index (κ3) is 3.74. The van der Waals surface area contributed by atoms with Gasteiger partial charge in [0.1, 0.15) is 5.82 Å². The third-order valence-electron chi connectivity index (χ3n) is 4.05. The molecule has 3 aromatic rings. The lowest BCUT2D eigenvalue weighted by atomic mass is 10.1. The van der Waals surface area contributed by atoms with Gasteiger partial charge in [0, 0.05) is 30.5 Å². The number of benzene rings is 2. The SMILES string of the molecule is CC(C)Cc1nc(-c2ccccc2)cn1-c1ccc(CCO)cc1. The van der Waals surface area contributed by atoms with Crippen LogP contribution in [0.5, 0.6) is 0 Å². The fourth-order valence-corrected chi connectivity index (χ4v) is 2.85. The number of nitrogens with zero attached hydrogens (tertiary/aromatic N) is 2. The molecule has 124 valence electrons. The second kappa shape index (κ2) is 7.45. The van der Waals surface area contributed by atoms with Gasteiger partial charge in [-0.1, -0.05) is 56.3 Å². The van der Waals surface area contributed by atoms with Crippen LogP contribution in [0.4, 0.5) is 0 Å². The summed E-state index contributed by atoms with van der Waals surface area (Å²) in [5, 5.41) is 9.06. The molecule has 0 saturated carbocycles. The highest BCUT2D eigenvalue weighted by Crippen LogP contribution is 2.23. The largest absolute Gasteiger partial charge is 0.396 e. The van der Waals surface area contributed by atoms with Crippen LogP contribution in [0.15, 0.2) is 60.8 Å². The lowest BCUT2D eigenvalue weighted by Gasteiger charge is -2.10. The first-order valence-corrected chi connectivity index (χ1v) is 8.51. The van der Waals surface area contributed by atoms with Crippen LogP contribution in [-0.4, -0.2) is 21.3 Å². The maximum Gasteiger partial charge on any atom is 0.114 e. The zero-order valence-corrected chi connectivity index (χ0v) is 14.3. The van der Waals surface area contributed by atoms with E-state index in [4.69, 9.17) is 10.1 Å². The van der Waals surface area contributed by atoms with E-state index in [1.165, 1.54) is 0 Å². The molecular formula is C21H24N2O. The molecular weight excluding hydrogens is 296 g/mol. The molecule has 2 aromatic carbocycles. The molecule has 0 unspecified atom stereocenters. The van der Waals surface area contributed by atoms with E-state index in [1.807, 2.05) is 18.2 Å². The van der Waals surface area contributed by atoms with Gasteiger partial charge in [0.05, 0.1) is 5.69 Å². The van der Waals surface area contributed by atoms with Crippen molar-refractivity contribution in [1.29, 1.82) is 0 Å². The van der Waals surface area contributed by atoms with E-state index in [9.17, 15) is 0 Å². The van der Waals surface area contributed by atoms with Crippen LogP contribution in [-0.2, 0) is 12.8 Å². The van der Waals surface area contributed by atoms with Crippen LogP contribution in [0.2, 0.25) is 0 Å². The highest BCUT2D eigenvalue weighted by molar-refractivity contribution is 5.59. The van der Waals surface area contributed by atoms with E-state index in [0.29, 0.717) is 12.3 Å². The van der Waals surface area contributed by atoms with Gasteiger partial charge in [-0.05, 0) is 30.0 Å². The first kappa shape index (κ1) is 16.5. The smallest absolute Gasteiger partial charge is 0.114 e. The van der Waals surface area contributed by atoms with E-state index < -0.39 is 0 Å². The lowest BCUT2D eigenvalue weighted by molar-refractivity contribution is 0.299. The van der Waals surface area contributed by atoms with Gasteiger partial charge >= 0.3 is 0 Å².